The van der Waals surface area contributed by atoms with Gasteiger partial charge in [-0.3, -0.25) is 4.90 Å². The van der Waals surface area contributed by atoms with Crippen LogP contribution in [0.15, 0.2) is 0 Å². The maximum absolute atomic E-state index is 12.5. The Morgan fingerprint density at radius 3 is 2.48 bits per heavy atom. The summed E-state index contributed by atoms with van der Waals surface area (Å²) in [5.74, 6) is 1.16. The highest BCUT2D eigenvalue weighted by molar-refractivity contribution is 4.81. The number of nitrogens with zero attached hydrogens (tertiary/aromatic N) is 2. The molecule has 124 valence electrons. The second kappa shape index (κ2) is 7.79. The molecule has 0 saturated carbocycles. The van der Waals surface area contributed by atoms with E-state index >= 15 is 0 Å². The van der Waals surface area contributed by atoms with Crippen molar-refractivity contribution in [3.8, 4) is 0 Å². The van der Waals surface area contributed by atoms with E-state index in [9.17, 15) is 13.2 Å². The zero-order valence-corrected chi connectivity index (χ0v) is 13.0. The van der Waals surface area contributed by atoms with Crippen LogP contribution in [0, 0.1) is 11.8 Å². The fraction of sp³-hybridized carbons (Fsp3) is 1.00. The lowest BCUT2D eigenvalue weighted by molar-refractivity contribution is -0.146. The highest BCUT2D eigenvalue weighted by atomic mass is 19.4. The van der Waals surface area contributed by atoms with Gasteiger partial charge < -0.3 is 10.2 Å². The Balaban J connectivity index is 1.71. The molecule has 0 spiro atoms. The summed E-state index contributed by atoms with van der Waals surface area (Å²) in [5.41, 5.74) is 0. The number of likely N-dealkylation sites (tertiary alicyclic amines) is 1. The van der Waals surface area contributed by atoms with Crippen LogP contribution in [0.1, 0.15) is 26.2 Å². The van der Waals surface area contributed by atoms with E-state index in [2.05, 4.69) is 10.2 Å². The molecule has 0 amide bonds. The molecule has 2 saturated heterocycles. The smallest absolute Gasteiger partial charge is 0.317 e. The predicted molar refractivity (Wildman–Crippen MR) is 78.3 cm³/mol. The minimum Gasteiger partial charge on any atom is -0.317 e. The van der Waals surface area contributed by atoms with E-state index in [0.717, 1.165) is 45.1 Å². The highest BCUT2D eigenvalue weighted by Gasteiger charge is 2.32. The average molecular weight is 307 g/mol. The van der Waals surface area contributed by atoms with E-state index in [1.54, 1.807) is 4.90 Å². The molecule has 0 aromatic rings. The second-order valence-electron chi connectivity index (χ2n) is 6.55. The zero-order valence-electron chi connectivity index (χ0n) is 13.0. The normalized spacial score (nSPS) is 25.9. The van der Waals surface area contributed by atoms with Crippen LogP contribution in [0.25, 0.3) is 0 Å². The number of hydrogen-bond acceptors (Lipinski definition) is 3. The van der Waals surface area contributed by atoms with Crippen molar-refractivity contribution in [1.82, 2.24) is 15.1 Å². The van der Waals surface area contributed by atoms with Gasteiger partial charge in [-0.25, -0.2) is 0 Å². The summed E-state index contributed by atoms with van der Waals surface area (Å²) in [6.07, 6.45) is -0.574. The molecule has 2 rings (SSSR count). The minimum absolute atomic E-state index is 0.397. The Kier molecular flexibility index (Phi) is 6.32. The van der Waals surface area contributed by atoms with Crippen LogP contribution in [-0.2, 0) is 0 Å². The van der Waals surface area contributed by atoms with Gasteiger partial charge in [-0.15, -0.1) is 0 Å². The maximum atomic E-state index is 12.5. The Morgan fingerprint density at radius 2 is 1.86 bits per heavy atom. The van der Waals surface area contributed by atoms with E-state index in [-0.39, 0.29) is 0 Å². The molecule has 0 aromatic heterocycles. The Bertz CT molecular complexity index is 303. The number of rotatable bonds is 6. The first-order valence-corrected chi connectivity index (χ1v) is 8.18. The molecule has 2 aliphatic rings. The third-order valence-electron chi connectivity index (χ3n) is 4.71. The summed E-state index contributed by atoms with van der Waals surface area (Å²) in [6, 6.07) is 0. The van der Waals surface area contributed by atoms with Gasteiger partial charge in [0.05, 0.1) is 6.54 Å². The standard InChI is InChI=1S/C15H28F3N3/c1-2-20(12-15(16,17)18)10-14-5-8-21(11-14)9-13-3-6-19-7-4-13/h13-14,19H,2-12H2,1H3. The first-order chi connectivity index (χ1) is 9.96. The topological polar surface area (TPSA) is 18.5 Å². The quantitative estimate of drug-likeness (QED) is 0.811. The van der Waals surface area contributed by atoms with Crippen molar-refractivity contribution >= 4 is 0 Å². The van der Waals surface area contributed by atoms with Gasteiger partial charge in [-0.2, -0.15) is 13.2 Å². The molecule has 1 unspecified atom stereocenters. The molecule has 3 nitrogen and oxygen atoms in total. The SMILES string of the molecule is CCN(CC1CCN(CC2CCNCC2)C1)CC(F)(F)F. The monoisotopic (exact) mass is 307 g/mol. The van der Waals surface area contributed by atoms with Crippen LogP contribution < -0.4 is 5.32 Å². The summed E-state index contributed by atoms with van der Waals surface area (Å²) < 4.78 is 37.5. The Hall–Kier alpha value is -0.330. The Labute approximate surface area is 125 Å². The maximum Gasteiger partial charge on any atom is 0.401 e. The molecular weight excluding hydrogens is 279 g/mol. The van der Waals surface area contributed by atoms with E-state index in [1.165, 1.54) is 12.8 Å². The zero-order chi connectivity index (χ0) is 15.3. The number of hydrogen-bond donors (Lipinski definition) is 1. The first-order valence-electron chi connectivity index (χ1n) is 8.18. The van der Waals surface area contributed by atoms with Gasteiger partial charge >= 0.3 is 6.18 Å². The van der Waals surface area contributed by atoms with Gasteiger partial charge in [0.15, 0.2) is 0 Å². The van der Waals surface area contributed by atoms with E-state index < -0.39 is 12.7 Å². The van der Waals surface area contributed by atoms with Gasteiger partial charge in [0, 0.05) is 19.6 Å². The molecule has 0 radical (unpaired) electrons. The fourth-order valence-electron chi connectivity index (χ4n) is 3.58. The van der Waals surface area contributed by atoms with Gasteiger partial charge in [0.25, 0.3) is 0 Å². The summed E-state index contributed by atoms with van der Waals surface area (Å²) >= 11 is 0. The summed E-state index contributed by atoms with van der Waals surface area (Å²) in [4.78, 5) is 4.00. The predicted octanol–water partition coefficient (Wildman–Crippen LogP) is 2.19. The molecule has 0 bridgehead atoms. The average Bonchev–Trinajstić information content (AvgIpc) is 2.85. The summed E-state index contributed by atoms with van der Waals surface area (Å²) in [6.45, 7) is 7.47. The minimum atomic E-state index is -4.08. The van der Waals surface area contributed by atoms with Gasteiger partial charge in [0.1, 0.15) is 0 Å². The molecule has 2 fully saturated rings. The van der Waals surface area contributed by atoms with Crippen LogP contribution in [0.3, 0.4) is 0 Å². The van der Waals surface area contributed by atoms with Crippen molar-refractivity contribution in [2.24, 2.45) is 11.8 Å². The van der Waals surface area contributed by atoms with Crippen molar-refractivity contribution in [3.05, 3.63) is 0 Å². The lowest BCUT2D eigenvalue weighted by Gasteiger charge is -2.28. The largest absolute Gasteiger partial charge is 0.401 e. The second-order valence-corrected chi connectivity index (χ2v) is 6.55. The highest BCUT2D eigenvalue weighted by Crippen LogP contribution is 2.23. The van der Waals surface area contributed by atoms with Crippen LogP contribution >= 0.6 is 0 Å². The van der Waals surface area contributed by atoms with E-state index in [1.807, 2.05) is 6.92 Å². The molecule has 2 aliphatic heterocycles. The number of piperidine rings is 1. The van der Waals surface area contributed by atoms with Gasteiger partial charge in [-0.1, -0.05) is 6.92 Å². The van der Waals surface area contributed by atoms with Crippen molar-refractivity contribution in [3.63, 3.8) is 0 Å². The third kappa shape index (κ3) is 6.12. The van der Waals surface area contributed by atoms with Crippen LogP contribution in [0.4, 0.5) is 13.2 Å². The fourth-order valence-corrected chi connectivity index (χ4v) is 3.58. The molecule has 0 aromatic carbocycles. The molecular formula is C15H28F3N3. The first kappa shape index (κ1) is 17.0. The van der Waals surface area contributed by atoms with Crippen molar-refractivity contribution in [2.45, 2.75) is 32.4 Å². The van der Waals surface area contributed by atoms with E-state index in [4.69, 9.17) is 0 Å². The van der Waals surface area contributed by atoms with Crippen LogP contribution in [-0.4, -0.2) is 68.3 Å². The van der Waals surface area contributed by atoms with Crippen molar-refractivity contribution in [1.29, 1.82) is 0 Å². The summed E-state index contributed by atoms with van der Waals surface area (Å²) in [5, 5.41) is 3.37. The number of nitrogens with one attached hydrogen (secondary N) is 1. The van der Waals surface area contributed by atoms with Crippen molar-refractivity contribution in [2.75, 3.05) is 52.4 Å². The van der Waals surface area contributed by atoms with Gasteiger partial charge in [-0.05, 0) is 57.3 Å². The third-order valence-corrected chi connectivity index (χ3v) is 4.71. The van der Waals surface area contributed by atoms with Crippen LogP contribution in [0.5, 0.6) is 0 Å². The van der Waals surface area contributed by atoms with Gasteiger partial charge in [0.2, 0.25) is 0 Å². The summed E-state index contributed by atoms with van der Waals surface area (Å²) in [7, 11) is 0. The van der Waals surface area contributed by atoms with E-state index in [0.29, 0.717) is 19.0 Å². The molecule has 21 heavy (non-hydrogen) atoms. The lowest BCUT2D eigenvalue weighted by atomic mass is 9.98. The Morgan fingerprint density at radius 1 is 1.14 bits per heavy atom. The molecule has 6 heteroatoms. The molecule has 2 heterocycles. The molecule has 1 N–H and O–H groups in total. The van der Waals surface area contributed by atoms with Crippen LogP contribution in [0.2, 0.25) is 0 Å². The number of halogens is 3. The molecule has 1 atom stereocenters. The lowest BCUT2D eigenvalue weighted by Crippen LogP contribution is -2.39. The number of alkyl halides is 3. The van der Waals surface area contributed by atoms with Crippen molar-refractivity contribution < 1.29 is 13.2 Å². The molecule has 0 aliphatic carbocycles.